The summed E-state index contributed by atoms with van der Waals surface area (Å²) >= 11 is 0. The molecular formula is C18H21N3O3. The number of oxazole rings is 1. The summed E-state index contributed by atoms with van der Waals surface area (Å²) in [6.45, 7) is 6.42. The van der Waals surface area contributed by atoms with E-state index in [1.165, 1.54) is 5.56 Å². The lowest BCUT2D eigenvalue weighted by Gasteiger charge is -2.24. The molecule has 4 rings (SSSR count). The number of rotatable bonds is 4. The van der Waals surface area contributed by atoms with Gasteiger partial charge in [-0.25, -0.2) is 4.79 Å². The topological polar surface area (TPSA) is 64.4 Å². The van der Waals surface area contributed by atoms with Gasteiger partial charge in [-0.2, -0.15) is 0 Å². The zero-order valence-corrected chi connectivity index (χ0v) is 14.0. The van der Waals surface area contributed by atoms with Crippen molar-refractivity contribution in [3.8, 4) is 0 Å². The van der Waals surface area contributed by atoms with Crippen LogP contribution in [-0.4, -0.2) is 27.7 Å². The van der Waals surface area contributed by atoms with Crippen molar-refractivity contribution in [1.82, 2.24) is 14.6 Å². The van der Waals surface area contributed by atoms with Gasteiger partial charge in [0.2, 0.25) is 0 Å². The minimum Gasteiger partial charge on any atom is -0.408 e. The van der Waals surface area contributed by atoms with Crippen molar-refractivity contribution in [3.05, 3.63) is 51.8 Å². The molecule has 0 bridgehead atoms. The maximum Gasteiger partial charge on any atom is 0.419 e. The van der Waals surface area contributed by atoms with Gasteiger partial charge < -0.3 is 8.94 Å². The van der Waals surface area contributed by atoms with E-state index in [1.54, 1.807) is 4.57 Å². The van der Waals surface area contributed by atoms with Crippen molar-refractivity contribution in [2.45, 2.75) is 39.3 Å². The van der Waals surface area contributed by atoms with E-state index in [4.69, 9.17) is 8.94 Å². The molecule has 1 atom stereocenters. The second-order valence-corrected chi connectivity index (χ2v) is 6.42. The van der Waals surface area contributed by atoms with E-state index in [2.05, 4.69) is 10.1 Å². The van der Waals surface area contributed by atoms with Gasteiger partial charge in [0.15, 0.2) is 5.58 Å². The summed E-state index contributed by atoms with van der Waals surface area (Å²) in [6, 6.07) is 7.89. The monoisotopic (exact) mass is 327 g/mol. The molecule has 3 aromatic rings. The molecule has 6 nitrogen and oxygen atoms in total. The minimum absolute atomic E-state index is 0.288. The van der Waals surface area contributed by atoms with E-state index < -0.39 is 0 Å². The predicted molar refractivity (Wildman–Crippen MR) is 90.0 cm³/mol. The first-order valence-corrected chi connectivity index (χ1v) is 8.40. The summed E-state index contributed by atoms with van der Waals surface area (Å²) in [6.07, 6.45) is 2.25. The molecule has 0 aliphatic carbocycles. The minimum atomic E-state index is -0.288. The Morgan fingerprint density at radius 2 is 2.08 bits per heavy atom. The Balaban J connectivity index is 1.57. The Bertz CT molecular complexity index is 902. The van der Waals surface area contributed by atoms with Crippen LogP contribution in [0.3, 0.4) is 0 Å². The van der Waals surface area contributed by atoms with Crippen molar-refractivity contribution < 1.29 is 8.94 Å². The second kappa shape index (κ2) is 5.94. The molecule has 1 saturated heterocycles. The molecule has 1 aliphatic heterocycles. The average Bonchev–Trinajstić information content (AvgIpc) is 3.23. The van der Waals surface area contributed by atoms with Gasteiger partial charge in [0, 0.05) is 24.7 Å². The van der Waals surface area contributed by atoms with Crippen LogP contribution in [0.25, 0.3) is 11.1 Å². The first-order valence-electron chi connectivity index (χ1n) is 8.40. The molecule has 0 radical (unpaired) electrons. The highest BCUT2D eigenvalue weighted by Gasteiger charge is 2.30. The van der Waals surface area contributed by atoms with Crippen LogP contribution >= 0.6 is 0 Å². The van der Waals surface area contributed by atoms with E-state index in [0.717, 1.165) is 42.9 Å². The zero-order valence-electron chi connectivity index (χ0n) is 14.0. The van der Waals surface area contributed by atoms with Crippen LogP contribution in [0.15, 0.2) is 38.0 Å². The zero-order chi connectivity index (χ0) is 16.7. The maximum absolute atomic E-state index is 12.1. The number of nitrogens with zero attached hydrogens (tertiary/aromatic N) is 3. The fraction of sp³-hybridized carbons (Fsp3) is 0.444. The van der Waals surface area contributed by atoms with Crippen molar-refractivity contribution in [1.29, 1.82) is 0 Å². The number of aryl methyl sites for hydroxylation is 2. The average molecular weight is 327 g/mol. The lowest BCUT2D eigenvalue weighted by atomic mass is 10.0. The number of benzene rings is 1. The Morgan fingerprint density at radius 1 is 1.25 bits per heavy atom. The van der Waals surface area contributed by atoms with Crippen LogP contribution in [0.5, 0.6) is 0 Å². The molecule has 1 aliphatic rings. The van der Waals surface area contributed by atoms with Gasteiger partial charge in [0.1, 0.15) is 5.76 Å². The quantitative estimate of drug-likeness (QED) is 0.737. The molecule has 0 amide bonds. The number of likely N-dealkylation sites (tertiary alicyclic amines) is 1. The Kier molecular flexibility index (Phi) is 3.76. The van der Waals surface area contributed by atoms with Crippen molar-refractivity contribution in [3.63, 3.8) is 0 Å². The van der Waals surface area contributed by atoms with Crippen LogP contribution in [-0.2, 0) is 6.54 Å². The molecular weight excluding hydrogens is 306 g/mol. The Morgan fingerprint density at radius 3 is 2.88 bits per heavy atom. The fourth-order valence-electron chi connectivity index (χ4n) is 3.84. The molecule has 1 aromatic carbocycles. The normalized spacial score (nSPS) is 18.7. The van der Waals surface area contributed by atoms with Crippen molar-refractivity contribution >= 4 is 11.1 Å². The van der Waals surface area contributed by atoms with Crippen LogP contribution in [0.4, 0.5) is 0 Å². The SMILES string of the molecule is Cc1noc(C)c1C1CCCN1CCn1c(=O)oc2ccccc21. The number of para-hydroxylation sites is 2. The first-order chi connectivity index (χ1) is 11.6. The molecule has 0 spiro atoms. The Labute approximate surface area is 139 Å². The largest absolute Gasteiger partial charge is 0.419 e. The number of fused-ring (bicyclic) bond motifs is 1. The number of aromatic nitrogens is 2. The summed E-state index contributed by atoms with van der Waals surface area (Å²) in [5, 5.41) is 4.09. The highest BCUT2D eigenvalue weighted by molar-refractivity contribution is 5.72. The van der Waals surface area contributed by atoms with E-state index in [-0.39, 0.29) is 5.76 Å². The van der Waals surface area contributed by atoms with E-state index >= 15 is 0 Å². The molecule has 3 heterocycles. The van der Waals surface area contributed by atoms with E-state index in [0.29, 0.717) is 18.2 Å². The van der Waals surface area contributed by atoms with Crippen LogP contribution in [0.2, 0.25) is 0 Å². The van der Waals surface area contributed by atoms with Crippen LogP contribution in [0.1, 0.15) is 35.9 Å². The molecule has 2 aromatic heterocycles. The summed E-state index contributed by atoms with van der Waals surface area (Å²) in [5.41, 5.74) is 3.68. The van der Waals surface area contributed by atoms with Crippen molar-refractivity contribution in [2.75, 3.05) is 13.1 Å². The lowest BCUT2D eigenvalue weighted by molar-refractivity contribution is 0.242. The van der Waals surface area contributed by atoms with Gasteiger partial charge in [-0.1, -0.05) is 17.3 Å². The third kappa shape index (κ3) is 2.47. The molecule has 1 fully saturated rings. The number of hydrogen-bond acceptors (Lipinski definition) is 5. The van der Waals surface area contributed by atoms with Gasteiger partial charge >= 0.3 is 5.76 Å². The van der Waals surface area contributed by atoms with Gasteiger partial charge in [-0.15, -0.1) is 0 Å². The summed E-state index contributed by atoms with van der Waals surface area (Å²) in [7, 11) is 0. The smallest absolute Gasteiger partial charge is 0.408 e. The van der Waals surface area contributed by atoms with Crippen LogP contribution < -0.4 is 5.76 Å². The third-order valence-corrected chi connectivity index (χ3v) is 4.97. The molecule has 0 N–H and O–H groups in total. The molecule has 24 heavy (non-hydrogen) atoms. The van der Waals surface area contributed by atoms with Crippen molar-refractivity contribution in [2.24, 2.45) is 0 Å². The fourth-order valence-corrected chi connectivity index (χ4v) is 3.84. The number of hydrogen-bond donors (Lipinski definition) is 0. The maximum atomic E-state index is 12.1. The predicted octanol–water partition coefficient (Wildman–Crippen LogP) is 3.04. The second-order valence-electron chi connectivity index (χ2n) is 6.42. The summed E-state index contributed by atoms with van der Waals surface area (Å²) in [4.78, 5) is 14.5. The molecule has 126 valence electrons. The molecule has 0 saturated carbocycles. The molecule has 1 unspecified atom stereocenters. The highest BCUT2D eigenvalue weighted by atomic mass is 16.5. The Hall–Kier alpha value is -2.34. The van der Waals surface area contributed by atoms with Gasteiger partial charge in [-0.05, 0) is 45.4 Å². The first kappa shape index (κ1) is 15.2. The summed E-state index contributed by atoms with van der Waals surface area (Å²) in [5.74, 6) is 0.611. The summed E-state index contributed by atoms with van der Waals surface area (Å²) < 4.78 is 12.4. The standard InChI is InChI=1S/C18H21N3O3/c1-12-17(13(2)24-19-12)15-7-5-9-20(15)10-11-21-14-6-3-4-8-16(14)23-18(21)22/h3-4,6,8,15H,5,7,9-11H2,1-2H3. The van der Waals surface area contributed by atoms with E-state index in [1.807, 2.05) is 38.1 Å². The highest BCUT2D eigenvalue weighted by Crippen LogP contribution is 2.35. The van der Waals surface area contributed by atoms with Crippen LogP contribution in [0, 0.1) is 13.8 Å². The third-order valence-electron chi connectivity index (χ3n) is 4.97. The van der Waals surface area contributed by atoms with Gasteiger partial charge in [-0.3, -0.25) is 9.47 Å². The van der Waals surface area contributed by atoms with Gasteiger partial charge in [0.25, 0.3) is 0 Å². The van der Waals surface area contributed by atoms with Gasteiger partial charge in [0.05, 0.1) is 11.2 Å². The van der Waals surface area contributed by atoms with E-state index in [9.17, 15) is 4.79 Å². The lowest BCUT2D eigenvalue weighted by Crippen LogP contribution is -2.30. The molecule has 6 heteroatoms.